The summed E-state index contributed by atoms with van der Waals surface area (Å²) in [5.41, 5.74) is 1.01. The van der Waals surface area contributed by atoms with E-state index in [0.717, 1.165) is 23.3 Å². The first-order chi connectivity index (χ1) is 16.1. The van der Waals surface area contributed by atoms with Crippen LogP contribution in [-0.4, -0.2) is 28.2 Å². The molecule has 0 radical (unpaired) electrons. The Bertz CT molecular complexity index is 1170. The van der Waals surface area contributed by atoms with E-state index in [2.05, 4.69) is 26.1 Å². The van der Waals surface area contributed by atoms with Crippen molar-refractivity contribution in [3.63, 3.8) is 0 Å². The van der Waals surface area contributed by atoms with Gasteiger partial charge >= 0.3 is 12.2 Å². The Hall–Kier alpha value is -3.47. The van der Waals surface area contributed by atoms with Gasteiger partial charge in [0.25, 0.3) is 0 Å². The predicted molar refractivity (Wildman–Crippen MR) is 126 cm³/mol. The van der Waals surface area contributed by atoms with Crippen LogP contribution in [0.1, 0.15) is 31.4 Å². The summed E-state index contributed by atoms with van der Waals surface area (Å²) < 4.78 is 38.8. The van der Waals surface area contributed by atoms with Crippen molar-refractivity contribution in [1.29, 1.82) is 0 Å². The lowest BCUT2D eigenvalue weighted by atomic mass is 9.98. The number of amides is 3. The summed E-state index contributed by atoms with van der Waals surface area (Å²) in [5, 5.41) is 16.6. The maximum Gasteiger partial charge on any atom is 0.416 e. The molecule has 2 aromatic carbocycles. The fourth-order valence-corrected chi connectivity index (χ4v) is 3.88. The van der Waals surface area contributed by atoms with E-state index in [-0.39, 0.29) is 16.7 Å². The fourth-order valence-electron chi connectivity index (χ4n) is 3.14. The van der Waals surface area contributed by atoms with Gasteiger partial charge in [0.2, 0.25) is 11.0 Å². The van der Waals surface area contributed by atoms with Crippen molar-refractivity contribution in [2.24, 2.45) is 5.92 Å². The summed E-state index contributed by atoms with van der Waals surface area (Å²) in [6.07, 6.45) is -3.96. The van der Waals surface area contributed by atoms with Crippen molar-refractivity contribution in [3.8, 4) is 10.6 Å². The number of carbonyl (C=O) groups is 2. The molecule has 1 aromatic heterocycles. The van der Waals surface area contributed by atoms with Gasteiger partial charge in [-0.2, -0.15) is 13.2 Å². The zero-order chi connectivity index (χ0) is 24.9. The quantitative estimate of drug-likeness (QED) is 0.395. The van der Waals surface area contributed by atoms with Gasteiger partial charge in [0, 0.05) is 11.3 Å². The largest absolute Gasteiger partial charge is 0.416 e. The number of urea groups is 1. The Labute approximate surface area is 198 Å². The Morgan fingerprint density at radius 1 is 1.06 bits per heavy atom. The van der Waals surface area contributed by atoms with Crippen LogP contribution in [0.2, 0.25) is 0 Å². The molecular weight excluding hydrogens is 467 g/mol. The van der Waals surface area contributed by atoms with E-state index in [1.165, 1.54) is 23.5 Å². The molecule has 180 valence electrons. The number of hydrogen-bond donors (Lipinski definition) is 3. The molecule has 0 saturated heterocycles. The summed E-state index contributed by atoms with van der Waals surface area (Å²) in [7, 11) is 0. The smallest absolute Gasteiger partial charge is 0.326 e. The number of benzene rings is 2. The molecule has 3 rings (SSSR count). The number of rotatable bonds is 7. The SMILES string of the molecule is CCC(C)C(NC(=O)Nc1cccc(C(F)(F)F)c1)C(=O)Nc1nnc(-c2cccc(C)c2)s1. The number of nitrogens with one attached hydrogen (secondary N) is 3. The van der Waals surface area contributed by atoms with Gasteiger partial charge in [0.15, 0.2) is 0 Å². The minimum absolute atomic E-state index is 0.0393. The van der Waals surface area contributed by atoms with E-state index in [0.29, 0.717) is 11.4 Å². The normalized spacial score (nSPS) is 13.1. The number of anilines is 2. The molecular formula is C23H24F3N5O2S. The maximum atomic E-state index is 12.9. The van der Waals surface area contributed by atoms with Crippen molar-refractivity contribution in [2.45, 2.75) is 39.4 Å². The van der Waals surface area contributed by atoms with Crippen LogP contribution in [0.4, 0.5) is 28.8 Å². The van der Waals surface area contributed by atoms with Crippen LogP contribution in [0, 0.1) is 12.8 Å². The molecule has 3 N–H and O–H groups in total. The van der Waals surface area contributed by atoms with Gasteiger partial charge in [-0.3, -0.25) is 10.1 Å². The van der Waals surface area contributed by atoms with Crippen LogP contribution in [0.15, 0.2) is 48.5 Å². The highest BCUT2D eigenvalue weighted by molar-refractivity contribution is 7.18. The van der Waals surface area contributed by atoms with Gasteiger partial charge in [-0.15, -0.1) is 10.2 Å². The van der Waals surface area contributed by atoms with Crippen molar-refractivity contribution < 1.29 is 22.8 Å². The van der Waals surface area contributed by atoms with E-state index < -0.39 is 29.7 Å². The first-order valence-corrected chi connectivity index (χ1v) is 11.3. The van der Waals surface area contributed by atoms with Gasteiger partial charge in [-0.1, -0.05) is 61.4 Å². The van der Waals surface area contributed by atoms with Gasteiger partial charge in [0.05, 0.1) is 5.56 Å². The van der Waals surface area contributed by atoms with Crippen molar-refractivity contribution in [3.05, 3.63) is 59.7 Å². The van der Waals surface area contributed by atoms with Gasteiger partial charge < -0.3 is 10.6 Å². The molecule has 34 heavy (non-hydrogen) atoms. The number of aromatic nitrogens is 2. The van der Waals surface area contributed by atoms with Crippen LogP contribution in [0.25, 0.3) is 10.6 Å². The van der Waals surface area contributed by atoms with Crippen LogP contribution < -0.4 is 16.0 Å². The minimum atomic E-state index is -4.54. The second-order valence-corrected chi connectivity index (χ2v) is 8.79. The van der Waals surface area contributed by atoms with E-state index in [1.54, 1.807) is 6.92 Å². The average Bonchev–Trinajstić information content (AvgIpc) is 3.25. The summed E-state index contributed by atoms with van der Waals surface area (Å²) >= 11 is 1.20. The van der Waals surface area contributed by atoms with E-state index in [9.17, 15) is 22.8 Å². The lowest BCUT2D eigenvalue weighted by Gasteiger charge is -2.23. The lowest BCUT2D eigenvalue weighted by molar-refractivity contribution is -0.137. The van der Waals surface area contributed by atoms with Crippen LogP contribution in [-0.2, 0) is 11.0 Å². The number of hydrogen-bond acceptors (Lipinski definition) is 5. The monoisotopic (exact) mass is 491 g/mol. The van der Waals surface area contributed by atoms with E-state index in [4.69, 9.17) is 0 Å². The number of aryl methyl sites for hydroxylation is 1. The van der Waals surface area contributed by atoms with Crippen molar-refractivity contribution >= 4 is 34.1 Å². The third-order valence-corrected chi connectivity index (χ3v) is 6.04. The first kappa shape index (κ1) is 25.2. The molecule has 7 nitrogen and oxygen atoms in total. The molecule has 0 aliphatic carbocycles. The van der Waals surface area contributed by atoms with Gasteiger partial charge in [-0.05, 0) is 37.1 Å². The number of carbonyl (C=O) groups excluding carboxylic acids is 2. The third-order valence-electron chi connectivity index (χ3n) is 5.15. The molecule has 3 aromatic rings. The molecule has 1 heterocycles. The Kier molecular flexibility index (Phi) is 7.87. The van der Waals surface area contributed by atoms with Crippen LogP contribution in [0.5, 0.6) is 0 Å². The molecule has 0 fully saturated rings. The minimum Gasteiger partial charge on any atom is -0.326 e. The summed E-state index contributed by atoms with van der Waals surface area (Å²) in [6, 6.07) is 10.2. The van der Waals surface area contributed by atoms with Gasteiger partial charge in [0.1, 0.15) is 11.0 Å². The molecule has 0 saturated carbocycles. The molecule has 0 aliphatic rings. The Morgan fingerprint density at radius 2 is 1.79 bits per heavy atom. The number of nitrogens with zero attached hydrogens (tertiary/aromatic N) is 2. The summed E-state index contributed by atoms with van der Waals surface area (Å²) in [4.78, 5) is 25.4. The molecule has 2 atom stereocenters. The Morgan fingerprint density at radius 3 is 2.47 bits per heavy atom. The molecule has 2 unspecified atom stereocenters. The van der Waals surface area contributed by atoms with Crippen molar-refractivity contribution in [1.82, 2.24) is 15.5 Å². The second kappa shape index (κ2) is 10.6. The van der Waals surface area contributed by atoms with E-state index in [1.807, 2.05) is 38.1 Å². The topological polar surface area (TPSA) is 96.0 Å². The zero-order valence-electron chi connectivity index (χ0n) is 18.7. The highest BCUT2D eigenvalue weighted by Crippen LogP contribution is 2.31. The summed E-state index contributed by atoms with van der Waals surface area (Å²) in [6.45, 7) is 5.60. The molecule has 0 bridgehead atoms. The van der Waals surface area contributed by atoms with Crippen molar-refractivity contribution in [2.75, 3.05) is 10.6 Å². The summed E-state index contributed by atoms with van der Waals surface area (Å²) in [5.74, 6) is -0.753. The van der Waals surface area contributed by atoms with E-state index >= 15 is 0 Å². The molecule has 11 heteroatoms. The van der Waals surface area contributed by atoms with Gasteiger partial charge in [-0.25, -0.2) is 4.79 Å². The Balaban J connectivity index is 1.69. The second-order valence-electron chi connectivity index (χ2n) is 7.81. The van der Waals surface area contributed by atoms with Crippen LogP contribution in [0.3, 0.4) is 0 Å². The molecule has 0 aliphatic heterocycles. The maximum absolute atomic E-state index is 12.9. The number of alkyl halides is 3. The highest BCUT2D eigenvalue weighted by atomic mass is 32.1. The third kappa shape index (κ3) is 6.53. The first-order valence-electron chi connectivity index (χ1n) is 10.5. The zero-order valence-corrected chi connectivity index (χ0v) is 19.6. The fraction of sp³-hybridized carbons (Fsp3) is 0.304. The molecule has 3 amide bonds. The average molecular weight is 492 g/mol. The standard InChI is InChI=1S/C23H24F3N5O2S/c1-4-14(3)18(28-21(33)27-17-10-6-9-16(12-17)23(24,25)26)19(32)29-22-31-30-20(34-22)15-8-5-7-13(2)11-15/h5-12,14,18H,4H2,1-3H3,(H2,27,28,33)(H,29,31,32). The van der Waals surface area contributed by atoms with Crippen LogP contribution >= 0.6 is 11.3 Å². The predicted octanol–water partition coefficient (Wildman–Crippen LogP) is 5.71. The highest BCUT2D eigenvalue weighted by Gasteiger charge is 2.31. The lowest BCUT2D eigenvalue weighted by Crippen LogP contribution is -2.49. The molecule has 0 spiro atoms. The number of halogens is 3.